The molecule has 0 bridgehead atoms. The Morgan fingerprint density at radius 1 is 1.20 bits per heavy atom. The Morgan fingerprint density at radius 2 is 1.95 bits per heavy atom. The topological polar surface area (TPSA) is 104 Å². The van der Waals surface area contributed by atoms with Gasteiger partial charge in [-0.15, -0.1) is 0 Å². The molecule has 0 aliphatic heterocycles. The highest BCUT2D eigenvalue weighted by molar-refractivity contribution is 5.95. The number of para-hydroxylation sites is 1. The Labute approximate surface area is 114 Å². The van der Waals surface area contributed by atoms with Gasteiger partial charge in [0.25, 0.3) is 5.91 Å². The van der Waals surface area contributed by atoms with Gasteiger partial charge in [-0.2, -0.15) is 0 Å². The Balaban J connectivity index is 2.17. The summed E-state index contributed by atoms with van der Waals surface area (Å²) in [6.45, 7) is 1.74. The summed E-state index contributed by atoms with van der Waals surface area (Å²) in [6.07, 6.45) is 1.66. The monoisotopic (exact) mass is 272 g/mol. The predicted molar refractivity (Wildman–Crippen MR) is 72.8 cm³/mol. The lowest BCUT2D eigenvalue weighted by Crippen LogP contribution is -2.28. The van der Waals surface area contributed by atoms with Crippen LogP contribution in [0.3, 0.4) is 0 Å². The van der Waals surface area contributed by atoms with Crippen molar-refractivity contribution in [3.63, 3.8) is 0 Å². The van der Waals surface area contributed by atoms with Gasteiger partial charge in [-0.05, 0) is 19.1 Å². The normalized spacial score (nSPS) is 10.7. The molecular formula is C13H12N4O3. The number of carbonyl (C=O) groups excluding carboxylic acids is 1. The maximum absolute atomic E-state index is 11.4. The number of aryl methyl sites for hydroxylation is 1. The molecule has 0 fully saturated rings. The molecule has 7 nitrogen and oxygen atoms in total. The van der Waals surface area contributed by atoms with E-state index in [0.29, 0.717) is 11.6 Å². The van der Waals surface area contributed by atoms with Gasteiger partial charge in [0.2, 0.25) is 0 Å². The molecule has 102 valence electrons. The van der Waals surface area contributed by atoms with Crippen LogP contribution in [0, 0.1) is 6.92 Å². The minimum atomic E-state index is -1.19. The first-order valence-corrected chi connectivity index (χ1v) is 5.76. The number of hydrogen-bond acceptors (Lipinski definition) is 5. The van der Waals surface area contributed by atoms with E-state index in [1.807, 2.05) is 24.3 Å². The van der Waals surface area contributed by atoms with Gasteiger partial charge in [-0.25, -0.2) is 14.8 Å². The van der Waals surface area contributed by atoms with Gasteiger partial charge in [0.15, 0.2) is 5.82 Å². The summed E-state index contributed by atoms with van der Waals surface area (Å²) in [5, 5.41) is 9.17. The van der Waals surface area contributed by atoms with Crippen LogP contribution in [0.2, 0.25) is 0 Å². The van der Waals surface area contributed by atoms with E-state index in [-0.39, 0.29) is 0 Å². The summed E-state index contributed by atoms with van der Waals surface area (Å²) in [7, 11) is 0. The first-order chi connectivity index (χ1) is 9.56. The molecule has 0 saturated heterocycles. The van der Waals surface area contributed by atoms with Gasteiger partial charge in [0.1, 0.15) is 5.82 Å². The number of aromatic nitrogens is 2. The van der Waals surface area contributed by atoms with E-state index in [2.05, 4.69) is 20.8 Å². The van der Waals surface area contributed by atoms with E-state index in [1.165, 1.54) is 0 Å². The molecule has 1 heterocycles. The number of anilines is 1. The van der Waals surface area contributed by atoms with Crippen molar-refractivity contribution < 1.29 is 14.7 Å². The second kappa shape index (κ2) is 5.79. The quantitative estimate of drug-likeness (QED) is 0.567. The number of rotatable bonds is 4. The van der Waals surface area contributed by atoms with Crippen molar-refractivity contribution >= 4 is 28.6 Å². The molecule has 0 atom stereocenters. The zero-order valence-electron chi connectivity index (χ0n) is 10.6. The molecule has 0 unspecified atom stereocenters. The number of carboxylic acids is 1. The fourth-order valence-corrected chi connectivity index (χ4v) is 1.60. The smallest absolute Gasteiger partial charge is 0.328 e. The summed E-state index contributed by atoms with van der Waals surface area (Å²) < 4.78 is 0. The van der Waals surface area contributed by atoms with Crippen LogP contribution in [-0.2, 0) is 9.59 Å². The standard InChI is InChI=1S/C13H12N4O3/c1-8-14-10-5-3-2-4-9(10)13(15-8)17-16-11(18)6-7-12(19)20/h2-7H,1H3,(H,16,18)(H,19,20)(H,14,15,17)/b7-6+. The average molecular weight is 272 g/mol. The second-order valence-electron chi connectivity index (χ2n) is 3.92. The molecule has 1 aromatic carbocycles. The number of aliphatic carboxylic acids is 1. The maximum atomic E-state index is 11.4. The van der Waals surface area contributed by atoms with Gasteiger partial charge in [0.05, 0.1) is 5.52 Å². The van der Waals surface area contributed by atoms with Gasteiger partial charge in [-0.1, -0.05) is 12.1 Å². The molecule has 0 aliphatic rings. The third-order valence-electron chi connectivity index (χ3n) is 2.40. The summed E-state index contributed by atoms with van der Waals surface area (Å²) >= 11 is 0. The SMILES string of the molecule is Cc1nc(NNC(=O)/C=C/C(=O)O)c2ccccc2n1. The lowest BCUT2D eigenvalue weighted by molar-refractivity contribution is -0.131. The summed E-state index contributed by atoms with van der Waals surface area (Å²) in [5.41, 5.74) is 5.75. The van der Waals surface area contributed by atoms with E-state index >= 15 is 0 Å². The molecule has 1 amide bonds. The van der Waals surface area contributed by atoms with Crippen LogP contribution in [-0.4, -0.2) is 27.0 Å². The molecule has 0 radical (unpaired) electrons. The van der Waals surface area contributed by atoms with Crippen molar-refractivity contribution in [2.75, 3.05) is 5.43 Å². The number of carboxylic acid groups (broad SMARTS) is 1. The van der Waals surface area contributed by atoms with Gasteiger partial charge in [-0.3, -0.25) is 15.6 Å². The van der Waals surface area contributed by atoms with E-state index in [4.69, 9.17) is 5.11 Å². The summed E-state index contributed by atoms with van der Waals surface area (Å²) in [6, 6.07) is 7.34. The first-order valence-electron chi connectivity index (χ1n) is 5.76. The molecule has 20 heavy (non-hydrogen) atoms. The number of amides is 1. The van der Waals surface area contributed by atoms with Crippen molar-refractivity contribution in [2.45, 2.75) is 6.92 Å². The van der Waals surface area contributed by atoms with Gasteiger partial charge >= 0.3 is 5.97 Å². The van der Waals surface area contributed by atoms with Crippen molar-refractivity contribution in [3.8, 4) is 0 Å². The third-order valence-corrected chi connectivity index (χ3v) is 2.40. The highest BCUT2D eigenvalue weighted by Gasteiger charge is 2.05. The Bertz CT molecular complexity index is 697. The lowest BCUT2D eigenvalue weighted by atomic mass is 10.2. The Morgan fingerprint density at radius 3 is 2.70 bits per heavy atom. The van der Waals surface area contributed by atoms with Crippen LogP contribution < -0.4 is 10.9 Å². The zero-order valence-corrected chi connectivity index (χ0v) is 10.6. The molecule has 0 saturated carbocycles. The zero-order chi connectivity index (χ0) is 14.5. The Hall–Kier alpha value is -2.96. The van der Waals surface area contributed by atoms with Crippen LogP contribution >= 0.6 is 0 Å². The van der Waals surface area contributed by atoms with Crippen molar-refractivity contribution in [2.24, 2.45) is 0 Å². The van der Waals surface area contributed by atoms with Crippen LogP contribution in [0.15, 0.2) is 36.4 Å². The average Bonchev–Trinajstić information content (AvgIpc) is 2.42. The van der Waals surface area contributed by atoms with Crippen LogP contribution in [0.4, 0.5) is 5.82 Å². The molecular weight excluding hydrogens is 260 g/mol. The number of nitrogens with zero attached hydrogens (tertiary/aromatic N) is 2. The molecule has 1 aromatic heterocycles. The lowest BCUT2D eigenvalue weighted by Gasteiger charge is -2.09. The number of nitrogens with one attached hydrogen (secondary N) is 2. The highest BCUT2D eigenvalue weighted by atomic mass is 16.4. The number of fused-ring (bicyclic) bond motifs is 1. The maximum Gasteiger partial charge on any atom is 0.328 e. The molecule has 2 rings (SSSR count). The molecule has 3 N–H and O–H groups in total. The summed E-state index contributed by atoms with van der Waals surface area (Å²) in [5.74, 6) is -0.775. The minimum absolute atomic E-state index is 0.449. The second-order valence-corrected chi connectivity index (χ2v) is 3.92. The van der Waals surface area contributed by atoms with E-state index < -0.39 is 11.9 Å². The van der Waals surface area contributed by atoms with Crippen molar-refractivity contribution in [3.05, 3.63) is 42.2 Å². The van der Waals surface area contributed by atoms with Gasteiger partial charge < -0.3 is 5.11 Å². The van der Waals surface area contributed by atoms with Crippen molar-refractivity contribution in [1.29, 1.82) is 0 Å². The van der Waals surface area contributed by atoms with Crippen LogP contribution in [0.1, 0.15) is 5.82 Å². The van der Waals surface area contributed by atoms with E-state index in [0.717, 1.165) is 23.1 Å². The van der Waals surface area contributed by atoms with E-state index in [9.17, 15) is 9.59 Å². The first kappa shape index (κ1) is 13.5. The number of hydrogen-bond donors (Lipinski definition) is 3. The number of benzene rings is 1. The summed E-state index contributed by atoms with van der Waals surface area (Å²) in [4.78, 5) is 30.1. The fourth-order valence-electron chi connectivity index (χ4n) is 1.60. The number of hydrazine groups is 1. The minimum Gasteiger partial charge on any atom is -0.478 e. The van der Waals surface area contributed by atoms with Crippen LogP contribution in [0.25, 0.3) is 10.9 Å². The molecule has 7 heteroatoms. The Kier molecular flexibility index (Phi) is 3.90. The van der Waals surface area contributed by atoms with E-state index in [1.54, 1.807) is 6.92 Å². The molecule has 0 spiro atoms. The number of carbonyl (C=O) groups is 2. The van der Waals surface area contributed by atoms with Gasteiger partial charge in [0, 0.05) is 17.5 Å². The fraction of sp³-hybridized carbons (Fsp3) is 0.0769. The third kappa shape index (κ3) is 3.29. The molecule has 0 aliphatic carbocycles. The largest absolute Gasteiger partial charge is 0.478 e. The highest BCUT2D eigenvalue weighted by Crippen LogP contribution is 2.18. The van der Waals surface area contributed by atoms with Crippen molar-refractivity contribution in [1.82, 2.24) is 15.4 Å². The molecule has 2 aromatic rings. The van der Waals surface area contributed by atoms with Crippen LogP contribution in [0.5, 0.6) is 0 Å². The predicted octanol–water partition coefficient (Wildman–Crippen LogP) is 1.02.